The summed E-state index contributed by atoms with van der Waals surface area (Å²) in [7, 11) is 1.00. The number of ether oxygens (including phenoxy) is 4. The molecule has 0 aliphatic rings. The van der Waals surface area contributed by atoms with Crippen molar-refractivity contribution in [2.75, 3.05) is 59.6 Å². The Kier molecular flexibility index (Phi) is 41.9. The van der Waals surface area contributed by atoms with Gasteiger partial charge < -0.3 is 29.4 Å². The Labute approximate surface area is 280 Å². The van der Waals surface area contributed by atoms with Crippen molar-refractivity contribution in [1.29, 1.82) is 0 Å². The summed E-state index contributed by atoms with van der Waals surface area (Å²) in [5, 5.41) is 10.0. The van der Waals surface area contributed by atoms with Crippen LogP contribution in [-0.4, -0.2) is 104 Å². The highest BCUT2D eigenvalue weighted by Gasteiger charge is 2.34. The zero-order valence-corrected chi connectivity index (χ0v) is 32.4. The van der Waals surface area contributed by atoms with E-state index >= 15 is 0 Å². The van der Waals surface area contributed by atoms with E-state index in [-0.39, 0.29) is 105 Å². The molecule has 0 saturated carbocycles. The number of thioether (sulfide) groups is 1. The van der Waals surface area contributed by atoms with Gasteiger partial charge in [0.2, 0.25) is 5.91 Å². The molecule has 45 heavy (non-hydrogen) atoms. The lowest BCUT2D eigenvalue weighted by atomic mass is 10.0. The summed E-state index contributed by atoms with van der Waals surface area (Å²) in [6.45, 7) is 25.8. The lowest BCUT2D eigenvalue weighted by Crippen LogP contribution is -2.59. The Morgan fingerprint density at radius 1 is 0.711 bits per heavy atom. The van der Waals surface area contributed by atoms with Gasteiger partial charge in [-0.3, -0.25) is 19.2 Å². The third kappa shape index (κ3) is 35.3. The lowest BCUT2D eigenvalue weighted by Gasteiger charge is -2.34. The lowest BCUT2D eigenvalue weighted by molar-refractivity contribution is -0.132. The van der Waals surface area contributed by atoms with Crippen LogP contribution < -0.4 is 5.32 Å². The average Bonchev–Trinajstić information content (AvgIpc) is 3.02. The summed E-state index contributed by atoms with van der Waals surface area (Å²) in [6, 6.07) is 0. The minimum Gasteiger partial charge on any atom is -0.400 e. The first-order chi connectivity index (χ1) is 21.2. The molecule has 272 valence electrons. The topological polar surface area (TPSA) is 137 Å². The Hall–Kier alpha value is -1.37. The molecule has 0 aliphatic heterocycles. The first-order valence-electron chi connectivity index (χ1n) is 16.4. The number of aliphatic hydroxyl groups is 1. The van der Waals surface area contributed by atoms with E-state index in [9.17, 15) is 19.2 Å². The number of carbonyl (C=O) groups is 4. The van der Waals surface area contributed by atoms with Crippen LogP contribution >= 0.6 is 11.8 Å². The Balaban J connectivity index is -0.000000612. The maximum Gasteiger partial charge on any atom is 0.223 e. The van der Waals surface area contributed by atoms with Crippen LogP contribution in [0.1, 0.15) is 116 Å². The Bertz CT molecular complexity index is 694. The van der Waals surface area contributed by atoms with E-state index in [0.29, 0.717) is 6.61 Å². The number of nitrogens with one attached hydrogen (secondary N) is 1. The predicted octanol–water partition coefficient (Wildman–Crippen LogP) is 6.09. The van der Waals surface area contributed by atoms with E-state index in [1.807, 2.05) is 68.6 Å². The van der Waals surface area contributed by atoms with Crippen LogP contribution in [0.2, 0.25) is 0 Å². The van der Waals surface area contributed by atoms with Gasteiger partial charge in [0.15, 0.2) is 0 Å². The highest BCUT2D eigenvalue weighted by Crippen LogP contribution is 2.22. The summed E-state index contributed by atoms with van der Waals surface area (Å²) in [4.78, 5) is 47.7. The van der Waals surface area contributed by atoms with Crippen molar-refractivity contribution in [3.05, 3.63) is 0 Å². The van der Waals surface area contributed by atoms with Gasteiger partial charge in [0.1, 0.15) is 22.9 Å². The quantitative estimate of drug-likeness (QED) is 0.123. The third-order valence-corrected chi connectivity index (χ3v) is 6.84. The molecule has 0 saturated heterocycles. The van der Waals surface area contributed by atoms with Crippen LogP contribution in [0.3, 0.4) is 0 Å². The van der Waals surface area contributed by atoms with E-state index in [1.165, 1.54) is 13.8 Å². The van der Waals surface area contributed by atoms with Crippen molar-refractivity contribution in [3.63, 3.8) is 0 Å². The van der Waals surface area contributed by atoms with Gasteiger partial charge in [-0.25, -0.2) is 0 Å². The SMILES string of the molecule is CC.CC.CC.CO.CSC(C)(C)COC(C)CC(=O)NC(COCCC(C)=O)(COCCC(C)=O)COCCC(=O)C(C)C. The van der Waals surface area contributed by atoms with Crippen molar-refractivity contribution in [3.8, 4) is 0 Å². The third-order valence-electron chi connectivity index (χ3n) is 5.61. The van der Waals surface area contributed by atoms with Gasteiger partial charge in [-0.1, -0.05) is 55.4 Å². The molecule has 0 aromatic carbocycles. The standard InChI is InChI=1S/C27H49NO8S.3C2H6.CH4O/c1-20(2)24(31)11-14-35-19-27(17-33-12-9-21(3)29,18-34-13-10-22(4)30)28-25(32)15-23(5)36-16-26(6,7)37-8;4*1-2/h20,23H,9-19H2,1-8H3,(H,28,32);3*1-2H3;2H,1H3. The van der Waals surface area contributed by atoms with E-state index in [1.54, 1.807) is 11.8 Å². The predicted molar refractivity (Wildman–Crippen MR) is 188 cm³/mol. The molecule has 0 fully saturated rings. The number of carbonyl (C=O) groups excluding carboxylic acids is 4. The van der Waals surface area contributed by atoms with Crippen LogP contribution in [0.25, 0.3) is 0 Å². The second kappa shape index (κ2) is 35.5. The fourth-order valence-corrected chi connectivity index (χ4v) is 3.18. The smallest absolute Gasteiger partial charge is 0.223 e. The first-order valence-corrected chi connectivity index (χ1v) is 17.6. The summed E-state index contributed by atoms with van der Waals surface area (Å²) < 4.78 is 23.2. The average molecular weight is 670 g/mol. The van der Waals surface area contributed by atoms with Crippen LogP contribution in [0.5, 0.6) is 0 Å². The van der Waals surface area contributed by atoms with E-state index in [4.69, 9.17) is 24.1 Å². The van der Waals surface area contributed by atoms with Gasteiger partial charge in [0.05, 0.1) is 58.8 Å². The number of hydrogen-bond acceptors (Lipinski definition) is 10. The van der Waals surface area contributed by atoms with Crippen molar-refractivity contribution >= 4 is 35.0 Å². The summed E-state index contributed by atoms with van der Waals surface area (Å²) in [5.41, 5.74) is -1.07. The Morgan fingerprint density at radius 2 is 1.09 bits per heavy atom. The number of Topliss-reactive ketones (excluding diaryl/α,β-unsaturated/α-hetero) is 3. The van der Waals surface area contributed by atoms with Crippen LogP contribution in [0.15, 0.2) is 0 Å². The minimum absolute atomic E-state index is 0.00469. The monoisotopic (exact) mass is 669 g/mol. The molecule has 10 nitrogen and oxygen atoms in total. The fraction of sp³-hybridized carbons (Fsp3) is 0.882. The summed E-state index contributed by atoms with van der Waals surface area (Å²) in [5.74, 6) is -0.272. The van der Waals surface area contributed by atoms with Crippen LogP contribution in [0, 0.1) is 5.92 Å². The molecule has 0 rings (SSSR count). The largest absolute Gasteiger partial charge is 0.400 e. The van der Waals surface area contributed by atoms with Crippen LogP contribution in [-0.2, 0) is 38.1 Å². The van der Waals surface area contributed by atoms with Crippen molar-refractivity contribution in [2.24, 2.45) is 5.92 Å². The van der Waals surface area contributed by atoms with Crippen molar-refractivity contribution in [2.45, 2.75) is 132 Å². The number of amides is 1. The summed E-state index contributed by atoms with van der Waals surface area (Å²) in [6.07, 6.45) is 2.57. The first kappa shape index (κ1) is 53.1. The van der Waals surface area contributed by atoms with Crippen molar-refractivity contribution in [1.82, 2.24) is 5.32 Å². The second-order valence-corrected chi connectivity index (χ2v) is 12.1. The highest BCUT2D eigenvalue weighted by molar-refractivity contribution is 7.99. The molecule has 0 aliphatic carbocycles. The molecule has 0 heterocycles. The molecule has 1 atom stereocenters. The second-order valence-electron chi connectivity index (χ2n) is 10.6. The molecule has 0 bridgehead atoms. The van der Waals surface area contributed by atoms with Gasteiger partial charge in [-0.05, 0) is 40.9 Å². The van der Waals surface area contributed by atoms with Gasteiger partial charge in [0, 0.05) is 37.0 Å². The molecule has 11 heteroatoms. The zero-order chi connectivity index (χ0) is 36.5. The number of hydrogen-bond donors (Lipinski definition) is 2. The molecule has 1 amide bonds. The maximum absolute atomic E-state index is 13.0. The minimum atomic E-state index is -1.07. The number of ketones is 3. The molecule has 0 aromatic heterocycles. The zero-order valence-electron chi connectivity index (χ0n) is 31.6. The van der Waals surface area contributed by atoms with Gasteiger partial charge in [-0.2, -0.15) is 11.8 Å². The summed E-state index contributed by atoms with van der Waals surface area (Å²) >= 11 is 1.69. The molecule has 2 N–H and O–H groups in total. The number of aliphatic hydroxyl groups excluding tert-OH is 1. The maximum atomic E-state index is 13.0. The molecule has 0 spiro atoms. The van der Waals surface area contributed by atoms with E-state index in [2.05, 4.69) is 19.2 Å². The molecule has 1 unspecified atom stereocenters. The van der Waals surface area contributed by atoms with Gasteiger partial charge in [-0.15, -0.1) is 0 Å². The molecule has 0 aromatic rings. The number of rotatable bonds is 23. The van der Waals surface area contributed by atoms with Gasteiger partial charge >= 0.3 is 0 Å². The van der Waals surface area contributed by atoms with Crippen molar-refractivity contribution < 1.29 is 43.2 Å². The highest BCUT2D eigenvalue weighted by atomic mass is 32.2. The van der Waals surface area contributed by atoms with Gasteiger partial charge in [0.25, 0.3) is 0 Å². The fourth-order valence-electron chi connectivity index (χ4n) is 3.00. The molecule has 0 radical (unpaired) electrons. The van der Waals surface area contributed by atoms with Crippen LogP contribution in [0.4, 0.5) is 0 Å². The van der Waals surface area contributed by atoms with E-state index < -0.39 is 5.54 Å². The molecular formula is C34H71NO9S. The normalized spacial score (nSPS) is 11.2. The van der Waals surface area contributed by atoms with E-state index in [0.717, 1.165) is 7.11 Å². The molecular weight excluding hydrogens is 598 g/mol. The Morgan fingerprint density at radius 3 is 1.42 bits per heavy atom.